The van der Waals surface area contributed by atoms with Crippen LogP contribution in [0.1, 0.15) is 78.6 Å². The van der Waals surface area contributed by atoms with Gasteiger partial charge in [-0.3, -0.25) is 44.4 Å². The Morgan fingerprint density at radius 1 is 0.635 bits per heavy atom. The Labute approximate surface area is 304 Å². The van der Waals surface area contributed by atoms with E-state index in [0.29, 0.717) is 32.8 Å². The Hall–Kier alpha value is -4.20. The Morgan fingerprint density at radius 2 is 1.08 bits per heavy atom. The summed E-state index contributed by atoms with van der Waals surface area (Å²) < 4.78 is 15.7. The van der Waals surface area contributed by atoms with E-state index in [1.54, 1.807) is 33.9 Å². The highest BCUT2D eigenvalue weighted by atomic mass is 16.5. The Balaban J connectivity index is 2.89. The maximum atomic E-state index is 12.5. The van der Waals surface area contributed by atoms with Crippen molar-refractivity contribution < 1.29 is 58.6 Å². The van der Waals surface area contributed by atoms with E-state index in [4.69, 9.17) is 25.7 Å². The molecule has 18 heteroatoms. The fourth-order valence-corrected chi connectivity index (χ4v) is 4.56. The maximum absolute atomic E-state index is 12.5. The summed E-state index contributed by atoms with van der Waals surface area (Å²) in [5.74, 6) is -4.02. The first-order chi connectivity index (χ1) is 24.5. The van der Waals surface area contributed by atoms with Crippen LogP contribution in [-0.4, -0.2) is 131 Å². The van der Waals surface area contributed by atoms with E-state index >= 15 is 0 Å². The first-order valence-electron chi connectivity index (χ1n) is 17.2. The van der Waals surface area contributed by atoms with E-state index in [9.17, 15) is 44.4 Å². The van der Waals surface area contributed by atoms with Crippen LogP contribution < -0.4 is 16.8 Å². The largest absolute Gasteiger partial charge is 0.464 e. The third-order valence-electron chi connectivity index (χ3n) is 8.02. The Kier molecular flexibility index (Phi) is 21.9. The molecule has 0 saturated carbocycles. The zero-order chi connectivity index (χ0) is 39.2. The second-order valence-electron chi connectivity index (χ2n) is 12.6. The van der Waals surface area contributed by atoms with Gasteiger partial charge in [-0.1, -0.05) is 22.8 Å². The molecule has 0 aromatic carbocycles. The predicted molar refractivity (Wildman–Crippen MR) is 185 cm³/mol. The van der Waals surface area contributed by atoms with Gasteiger partial charge >= 0.3 is 17.9 Å². The summed E-state index contributed by atoms with van der Waals surface area (Å²) >= 11 is 0. The van der Waals surface area contributed by atoms with E-state index in [2.05, 4.69) is 5.32 Å². The summed E-state index contributed by atoms with van der Waals surface area (Å²) in [6.07, 6.45) is 5.27. The molecule has 1 aliphatic rings. The van der Waals surface area contributed by atoms with E-state index in [-0.39, 0.29) is 90.8 Å². The molecule has 0 spiro atoms. The summed E-state index contributed by atoms with van der Waals surface area (Å²) in [5, 5.41) is 34.7. The number of nitrogens with zero attached hydrogens (tertiary/aromatic N) is 3. The topological polar surface area (TPSA) is 265 Å². The molecule has 0 saturated heterocycles. The van der Waals surface area contributed by atoms with Crippen LogP contribution in [-0.2, 0) is 43.0 Å². The van der Waals surface area contributed by atoms with Gasteiger partial charge in [0.1, 0.15) is 18.1 Å². The zero-order valence-electron chi connectivity index (χ0n) is 30.6. The number of nitrogens with one attached hydrogen (secondary N) is 1. The molecule has 18 nitrogen and oxygen atoms in total. The second kappa shape index (κ2) is 24.9. The van der Waals surface area contributed by atoms with Crippen LogP contribution in [0.2, 0.25) is 0 Å². The maximum Gasteiger partial charge on any atom is 0.323 e. The van der Waals surface area contributed by atoms with Crippen LogP contribution in [0, 0.1) is 0 Å². The number of hydrogen-bond acceptors (Lipinski definition) is 15. The SMILES string of the molecule is CNC1CCCN(O)C(=O)/C=C(\C)CCOC(=O)C(N)CCCN(O)C(=O)/C=C(/C)CCOC(=O)C(N)CCN(O)C(=O)C/C=C(/C)CCOC1=O. The number of carbonyl (C=O) groups excluding carboxylic acids is 6. The third-order valence-corrected chi connectivity index (χ3v) is 8.02. The predicted octanol–water partition coefficient (Wildman–Crippen LogP) is 0.875. The molecular formula is C34H56N6O12. The molecule has 52 heavy (non-hydrogen) atoms. The minimum atomic E-state index is -1.12. The van der Waals surface area contributed by atoms with Crippen LogP contribution in [0.25, 0.3) is 0 Å². The van der Waals surface area contributed by atoms with E-state index in [0.717, 1.165) is 5.57 Å². The highest BCUT2D eigenvalue weighted by Gasteiger charge is 2.21. The number of amides is 3. The minimum absolute atomic E-state index is 0.0365. The van der Waals surface area contributed by atoms with Crippen LogP contribution in [0.5, 0.6) is 0 Å². The quantitative estimate of drug-likeness (QED) is 0.0943. The normalized spacial score (nSPS) is 27.3. The molecular weight excluding hydrogens is 684 g/mol. The Bertz CT molecular complexity index is 1300. The number of esters is 3. The van der Waals surface area contributed by atoms with Crippen molar-refractivity contribution in [1.82, 2.24) is 20.5 Å². The molecule has 1 rings (SSSR count). The molecule has 0 bridgehead atoms. The molecule has 0 aliphatic carbocycles. The van der Waals surface area contributed by atoms with Crippen molar-refractivity contribution in [3.05, 3.63) is 34.9 Å². The van der Waals surface area contributed by atoms with Gasteiger partial charge in [0.2, 0.25) is 5.91 Å². The van der Waals surface area contributed by atoms with Gasteiger partial charge in [-0.2, -0.15) is 0 Å². The number of carbonyl (C=O) groups is 6. The fraction of sp³-hybridized carbons (Fsp3) is 0.647. The molecule has 0 radical (unpaired) electrons. The van der Waals surface area contributed by atoms with E-state index in [1.165, 1.54) is 12.2 Å². The van der Waals surface area contributed by atoms with Gasteiger partial charge in [0.05, 0.1) is 26.4 Å². The molecule has 0 aromatic rings. The smallest absolute Gasteiger partial charge is 0.323 e. The number of cyclic esters (lactones) is 3. The highest BCUT2D eigenvalue weighted by Crippen LogP contribution is 2.10. The molecule has 1 aliphatic heterocycles. The summed E-state index contributed by atoms with van der Waals surface area (Å²) in [6, 6.07) is -2.83. The van der Waals surface area contributed by atoms with Crippen LogP contribution in [0.3, 0.4) is 0 Å². The van der Waals surface area contributed by atoms with Crippen molar-refractivity contribution in [2.24, 2.45) is 11.5 Å². The molecule has 1 heterocycles. The number of ether oxygens (including phenoxy) is 3. The summed E-state index contributed by atoms with van der Waals surface area (Å²) in [5.41, 5.74) is 13.5. The molecule has 0 aromatic heterocycles. The van der Waals surface area contributed by atoms with E-state index in [1.807, 2.05) is 0 Å². The van der Waals surface area contributed by atoms with Crippen molar-refractivity contribution in [1.29, 1.82) is 0 Å². The molecule has 3 atom stereocenters. The number of likely N-dealkylation sites (N-methyl/N-ethyl adjacent to an activating group) is 1. The van der Waals surface area contributed by atoms with Gasteiger partial charge < -0.3 is 31.0 Å². The van der Waals surface area contributed by atoms with Gasteiger partial charge in [-0.25, -0.2) is 15.2 Å². The Morgan fingerprint density at radius 3 is 1.58 bits per heavy atom. The lowest BCUT2D eigenvalue weighted by Crippen LogP contribution is -2.37. The average molecular weight is 741 g/mol. The number of rotatable bonds is 1. The van der Waals surface area contributed by atoms with Gasteiger partial charge in [-0.05, 0) is 59.9 Å². The van der Waals surface area contributed by atoms with Crippen molar-refractivity contribution in [2.45, 2.75) is 96.7 Å². The number of hydroxylamine groups is 6. The highest BCUT2D eigenvalue weighted by molar-refractivity contribution is 5.87. The standard InChI is InChI=1S/C34H56N6O12/c1-23-9-10-29(41)40(49)17-11-27(36)33(45)51-20-14-25(3)21-30(42)38(47)15-5-7-26(35)32(44)50-19-13-24(2)22-31(43)39(48)16-6-8-28(37-4)34(46)52-18-12-23/h9,21-22,26-28,37,47-49H,5-8,10-20,35-36H2,1-4H3/b23-9-,24-22+,25-21-. The second-order valence-corrected chi connectivity index (χ2v) is 12.6. The monoisotopic (exact) mass is 740 g/mol. The summed E-state index contributed by atoms with van der Waals surface area (Å²) in [6.45, 7) is 4.44. The van der Waals surface area contributed by atoms with E-state index < -0.39 is 53.8 Å². The minimum Gasteiger partial charge on any atom is -0.464 e. The lowest BCUT2D eigenvalue weighted by atomic mass is 10.1. The third kappa shape index (κ3) is 18.9. The summed E-state index contributed by atoms with van der Waals surface area (Å²) in [4.78, 5) is 74.2. The molecule has 294 valence electrons. The first-order valence-corrected chi connectivity index (χ1v) is 17.2. The van der Waals surface area contributed by atoms with Crippen LogP contribution in [0.15, 0.2) is 34.9 Å². The number of nitrogens with two attached hydrogens (primary N) is 2. The molecule has 8 N–H and O–H groups in total. The fourth-order valence-electron chi connectivity index (χ4n) is 4.56. The molecule has 3 amide bonds. The van der Waals surface area contributed by atoms with Gasteiger partial charge in [-0.15, -0.1) is 0 Å². The average Bonchev–Trinajstić information content (AvgIpc) is 3.10. The first kappa shape index (κ1) is 45.8. The lowest BCUT2D eigenvalue weighted by Gasteiger charge is -2.18. The zero-order valence-corrected chi connectivity index (χ0v) is 30.6. The van der Waals surface area contributed by atoms with Crippen molar-refractivity contribution in [3.8, 4) is 0 Å². The summed E-state index contributed by atoms with van der Waals surface area (Å²) in [7, 11) is 1.58. The van der Waals surface area contributed by atoms with Crippen LogP contribution in [0.4, 0.5) is 0 Å². The van der Waals surface area contributed by atoms with Crippen molar-refractivity contribution in [2.75, 3.05) is 46.5 Å². The molecule has 0 fully saturated rings. The van der Waals surface area contributed by atoms with Crippen molar-refractivity contribution >= 4 is 35.6 Å². The van der Waals surface area contributed by atoms with Crippen molar-refractivity contribution in [3.63, 3.8) is 0 Å². The van der Waals surface area contributed by atoms with Crippen LogP contribution >= 0.6 is 0 Å². The van der Waals surface area contributed by atoms with Gasteiger partial charge in [0.25, 0.3) is 11.8 Å². The van der Waals surface area contributed by atoms with Gasteiger partial charge in [0.15, 0.2) is 0 Å². The van der Waals surface area contributed by atoms with Gasteiger partial charge in [0, 0.05) is 50.9 Å². The molecule has 3 unspecified atom stereocenters. The number of hydrogen-bond donors (Lipinski definition) is 6. The lowest BCUT2D eigenvalue weighted by molar-refractivity contribution is -0.165.